The number of benzene rings is 2. The summed E-state index contributed by atoms with van der Waals surface area (Å²) in [6.45, 7) is 5.94. The highest BCUT2D eigenvalue weighted by Crippen LogP contribution is 2.27. The van der Waals surface area contributed by atoms with E-state index in [2.05, 4.69) is 25.8 Å². The van der Waals surface area contributed by atoms with Crippen molar-refractivity contribution in [2.24, 2.45) is 5.10 Å². The van der Waals surface area contributed by atoms with E-state index in [9.17, 15) is 4.79 Å². The number of nitrogens with zero attached hydrogens (tertiary/aromatic N) is 4. The maximum Gasteiger partial charge on any atom is 0.289 e. The predicted molar refractivity (Wildman–Crippen MR) is 117 cm³/mol. The molecule has 2 aromatic carbocycles. The molecular formula is C23H22N6O. The van der Waals surface area contributed by atoms with Crippen LogP contribution in [0.15, 0.2) is 65.8 Å². The number of hydrogen-bond donors (Lipinski definition) is 2. The quantitative estimate of drug-likeness (QED) is 0.394. The molecule has 0 aliphatic carbocycles. The van der Waals surface area contributed by atoms with E-state index in [-0.39, 0.29) is 5.91 Å². The number of carbonyl (C=O) groups excluding carboxylic acids is 1. The number of rotatable bonds is 5. The van der Waals surface area contributed by atoms with Gasteiger partial charge < -0.3 is 0 Å². The van der Waals surface area contributed by atoms with E-state index in [1.165, 1.54) is 5.56 Å². The topological polar surface area (TPSA) is 88.0 Å². The number of aromatic nitrogens is 4. The van der Waals surface area contributed by atoms with Crippen LogP contribution in [0, 0.1) is 20.8 Å². The van der Waals surface area contributed by atoms with Crippen molar-refractivity contribution in [2.75, 3.05) is 0 Å². The average Bonchev–Trinajstić information content (AvgIpc) is 3.34. The second-order valence-electron chi connectivity index (χ2n) is 7.07. The number of amides is 1. The molecule has 4 rings (SSSR count). The molecule has 7 heteroatoms. The largest absolute Gasteiger partial charge is 0.289 e. The van der Waals surface area contributed by atoms with Gasteiger partial charge in [-0.25, -0.2) is 10.1 Å². The van der Waals surface area contributed by atoms with Crippen molar-refractivity contribution in [3.8, 4) is 16.9 Å². The van der Waals surface area contributed by atoms with Crippen molar-refractivity contribution in [3.63, 3.8) is 0 Å². The van der Waals surface area contributed by atoms with Gasteiger partial charge in [0, 0.05) is 5.56 Å². The standard InChI is InChI=1S/C23H22N6O/c1-15-9-11-18(12-10-15)14-24-27-23(30)21-13-20(25-26-21)22-16(2)28-29(17(22)3)19-7-5-4-6-8-19/h4-14H,1-3H3,(H,25,26)(H,27,30)/b24-14+. The molecule has 0 radical (unpaired) electrons. The van der Waals surface area contributed by atoms with Crippen molar-refractivity contribution in [1.29, 1.82) is 0 Å². The number of para-hydroxylation sites is 1. The Hall–Kier alpha value is -4.00. The SMILES string of the molecule is Cc1ccc(/C=N/NC(=O)c2cc(-c3c(C)nn(-c4ccccc4)c3C)n[nH]2)cc1. The van der Waals surface area contributed by atoms with Gasteiger partial charge in [0.05, 0.1) is 29.0 Å². The fourth-order valence-electron chi connectivity index (χ4n) is 3.28. The van der Waals surface area contributed by atoms with Crippen LogP contribution in [0.1, 0.15) is 33.0 Å². The van der Waals surface area contributed by atoms with E-state index >= 15 is 0 Å². The Morgan fingerprint density at radius 3 is 2.53 bits per heavy atom. The zero-order chi connectivity index (χ0) is 21.1. The van der Waals surface area contributed by atoms with Crippen LogP contribution in [0.3, 0.4) is 0 Å². The van der Waals surface area contributed by atoms with Gasteiger partial charge in [0.2, 0.25) is 0 Å². The molecule has 0 unspecified atom stereocenters. The van der Waals surface area contributed by atoms with E-state index in [4.69, 9.17) is 0 Å². The monoisotopic (exact) mass is 398 g/mol. The normalized spacial score (nSPS) is 11.2. The molecule has 0 fully saturated rings. The van der Waals surface area contributed by atoms with Crippen molar-refractivity contribution in [2.45, 2.75) is 20.8 Å². The van der Waals surface area contributed by atoms with Crippen LogP contribution in [0.2, 0.25) is 0 Å². The zero-order valence-corrected chi connectivity index (χ0v) is 17.0. The number of nitrogens with one attached hydrogen (secondary N) is 2. The third-order valence-electron chi connectivity index (χ3n) is 4.83. The Balaban J connectivity index is 1.52. The van der Waals surface area contributed by atoms with Gasteiger partial charge >= 0.3 is 0 Å². The minimum absolute atomic E-state index is 0.331. The Morgan fingerprint density at radius 2 is 1.80 bits per heavy atom. The third kappa shape index (κ3) is 3.91. The molecule has 0 saturated carbocycles. The second kappa shape index (κ2) is 8.16. The summed E-state index contributed by atoms with van der Waals surface area (Å²) in [5.74, 6) is -0.358. The summed E-state index contributed by atoms with van der Waals surface area (Å²) in [6.07, 6.45) is 1.60. The van der Waals surface area contributed by atoms with Gasteiger partial charge in [-0.3, -0.25) is 9.89 Å². The molecule has 7 nitrogen and oxygen atoms in total. The maximum absolute atomic E-state index is 12.4. The predicted octanol–water partition coefficient (Wildman–Crippen LogP) is 3.95. The fraction of sp³-hybridized carbons (Fsp3) is 0.130. The zero-order valence-electron chi connectivity index (χ0n) is 17.0. The first-order valence-electron chi connectivity index (χ1n) is 9.60. The lowest BCUT2D eigenvalue weighted by Gasteiger charge is -2.04. The summed E-state index contributed by atoms with van der Waals surface area (Å²) in [7, 11) is 0. The van der Waals surface area contributed by atoms with Crippen molar-refractivity contribution in [3.05, 3.63) is 88.9 Å². The Bertz CT molecular complexity index is 1200. The minimum atomic E-state index is -0.358. The number of carbonyl (C=O) groups is 1. The van der Waals surface area contributed by atoms with Crippen LogP contribution in [-0.2, 0) is 0 Å². The van der Waals surface area contributed by atoms with Crippen molar-refractivity contribution >= 4 is 12.1 Å². The summed E-state index contributed by atoms with van der Waals surface area (Å²) in [4.78, 5) is 12.4. The summed E-state index contributed by atoms with van der Waals surface area (Å²) >= 11 is 0. The molecule has 0 saturated heterocycles. The first kappa shape index (κ1) is 19.3. The number of aryl methyl sites for hydroxylation is 2. The molecule has 30 heavy (non-hydrogen) atoms. The Labute approximate surface area is 174 Å². The summed E-state index contributed by atoms with van der Waals surface area (Å²) in [5, 5.41) is 15.8. The molecule has 0 aliphatic rings. The van der Waals surface area contributed by atoms with Gasteiger partial charge in [-0.1, -0.05) is 48.0 Å². The van der Waals surface area contributed by atoms with E-state index in [0.29, 0.717) is 11.4 Å². The Kier molecular flexibility index (Phi) is 5.26. The van der Waals surface area contributed by atoms with Gasteiger partial charge in [0.1, 0.15) is 5.69 Å². The summed E-state index contributed by atoms with van der Waals surface area (Å²) in [6, 6.07) is 19.5. The van der Waals surface area contributed by atoms with Crippen molar-refractivity contribution in [1.82, 2.24) is 25.4 Å². The molecule has 150 valence electrons. The molecule has 2 heterocycles. The van der Waals surface area contributed by atoms with E-state index in [1.54, 1.807) is 12.3 Å². The molecule has 2 N–H and O–H groups in total. The van der Waals surface area contributed by atoms with Gasteiger partial charge in [0.25, 0.3) is 5.91 Å². The van der Waals surface area contributed by atoms with Gasteiger partial charge in [-0.15, -0.1) is 0 Å². The van der Waals surface area contributed by atoms with Crippen LogP contribution in [0.25, 0.3) is 16.9 Å². The highest BCUT2D eigenvalue weighted by atomic mass is 16.2. The molecule has 0 aliphatic heterocycles. The fourth-order valence-corrected chi connectivity index (χ4v) is 3.28. The van der Waals surface area contributed by atoms with Crippen LogP contribution in [-0.4, -0.2) is 32.1 Å². The van der Waals surface area contributed by atoms with E-state index < -0.39 is 0 Å². The smallest absolute Gasteiger partial charge is 0.272 e. The summed E-state index contributed by atoms with van der Waals surface area (Å²) < 4.78 is 1.88. The molecule has 2 aromatic heterocycles. The number of H-pyrrole nitrogens is 1. The molecular weight excluding hydrogens is 376 g/mol. The van der Waals surface area contributed by atoms with Crippen LogP contribution >= 0.6 is 0 Å². The van der Waals surface area contributed by atoms with Gasteiger partial charge in [-0.2, -0.15) is 15.3 Å². The summed E-state index contributed by atoms with van der Waals surface area (Å²) in [5.41, 5.74) is 9.27. The number of hydrogen-bond acceptors (Lipinski definition) is 4. The van der Waals surface area contributed by atoms with Crippen LogP contribution in [0.4, 0.5) is 0 Å². The van der Waals surface area contributed by atoms with Gasteiger partial charge in [-0.05, 0) is 44.5 Å². The van der Waals surface area contributed by atoms with Crippen molar-refractivity contribution < 1.29 is 4.79 Å². The highest BCUT2D eigenvalue weighted by molar-refractivity contribution is 5.94. The van der Waals surface area contributed by atoms with Crippen LogP contribution in [0.5, 0.6) is 0 Å². The Morgan fingerprint density at radius 1 is 1.07 bits per heavy atom. The minimum Gasteiger partial charge on any atom is -0.272 e. The van der Waals surface area contributed by atoms with E-state index in [1.807, 2.05) is 80.1 Å². The highest BCUT2D eigenvalue weighted by Gasteiger charge is 2.18. The first-order valence-corrected chi connectivity index (χ1v) is 9.60. The number of aromatic amines is 1. The average molecular weight is 398 g/mol. The molecule has 4 aromatic rings. The lowest BCUT2D eigenvalue weighted by molar-refractivity contribution is 0.0950. The third-order valence-corrected chi connectivity index (χ3v) is 4.83. The molecule has 0 spiro atoms. The lowest BCUT2D eigenvalue weighted by Crippen LogP contribution is -2.17. The lowest BCUT2D eigenvalue weighted by atomic mass is 10.1. The maximum atomic E-state index is 12.4. The second-order valence-corrected chi connectivity index (χ2v) is 7.07. The van der Waals surface area contributed by atoms with Gasteiger partial charge in [0.15, 0.2) is 0 Å². The molecule has 1 amide bonds. The molecule has 0 atom stereocenters. The van der Waals surface area contributed by atoms with Crippen LogP contribution < -0.4 is 5.43 Å². The number of hydrazone groups is 1. The van der Waals surface area contributed by atoms with E-state index in [0.717, 1.165) is 28.2 Å². The first-order chi connectivity index (χ1) is 14.5. The molecule has 0 bridgehead atoms.